The van der Waals surface area contributed by atoms with Gasteiger partial charge in [-0.3, -0.25) is 4.79 Å². The molecule has 0 radical (unpaired) electrons. The second kappa shape index (κ2) is 5.98. The van der Waals surface area contributed by atoms with E-state index in [-0.39, 0.29) is 5.41 Å². The fourth-order valence-corrected chi connectivity index (χ4v) is 3.66. The number of rotatable bonds is 2. The Labute approximate surface area is 128 Å². The van der Waals surface area contributed by atoms with Gasteiger partial charge < -0.3 is 4.90 Å². The lowest BCUT2D eigenvalue weighted by molar-refractivity contribution is -0.134. The molecule has 0 aromatic carbocycles. The van der Waals surface area contributed by atoms with Crippen molar-refractivity contribution in [1.82, 2.24) is 9.88 Å². The zero-order valence-corrected chi connectivity index (χ0v) is 13.6. The molecule has 0 saturated carbocycles. The third kappa shape index (κ3) is 3.50. The maximum Gasteiger partial charge on any atom is 0.272 e. The minimum atomic E-state index is -1.92. The Balaban J connectivity index is 1.97. The lowest BCUT2D eigenvalue weighted by Crippen LogP contribution is -2.40. The quantitative estimate of drug-likeness (QED) is 0.779. The average molecular weight is 319 g/mol. The molecule has 0 bridgehead atoms. The van der Waals surface area contributed by atoms with Gasteiger partial charge in [0.2, 0.25) is 0 Å². The second-order valence-corrected chi connectivity index (χ2v) is 7.49. The van der Waals surface area contributed by atoms with Crippen LogP contribution in [0.1, 0.15) is 50.2 Å². The van der Waals surface area contributed by atoms with E-state index in [1.807, 2.05) is 0 Å². The average Bonchev–Trinajstić information content (AvgIpc) is 2.87. The van der Waals surface area contributed by atoms with Crippen molar-refractivity contribution in [2.24, 2.45) is 0 Å². The van der Waals surface area contributed by atoms with Crippen LogP contribution in [0.5, 0.6) is 0 Å². The first kappa shape index (κ1) is 15.7. The molecule has 0 spiro atoms. The predicted molar refractivity (Wildman–Crippen MR) is 80.1 cm³/mol. The number of hydrogen-bond acceptors (Lipinski definition) is 3. The van der Waals surface area contributed by atoms with Gasteiger partial charge in [0.1, 0.15) is 0 Å². The summed E-state index contributed by atoms with van der Waals surface area (Å²) in [6.07, 6.45) is 1.65. The third-order valence-corrected chi connectivity index (χ3v) is 4.83. The maximum atomic E-state index is 12.8. The summed E-state index contributed by atoms with van der Waals surface area (Å²) in [4.78, 5) is 17.7. The minimum absolute atomic E-state index is 0.0610. The van der Waals surface area contributed by atoms with Gasteiger partial charge >= 0.3 is 0 Å². The van der Waals surface area contributed by atoms with Crippen molar-refractivity contribution in [3.05, 3.63) is 16.1 Å². The van der Waals surface area contributed by atoms with Crippen LogP contribution in [-0.2, 0) is 10.2 Å². The maximum absolute atomic E-state index is 12.8. The van der Waals surface area contributed by atoms with E-state index in [1.165, 1.54) is 4.90 Å². The molecular weight excluding hydrogens is 299 g/mol. The highest BCUT2D eigenvalue weighted by Gasteiger charge is 2.29. The van der Waals surface area contributed by atoms with Crippen LogP contribution in [0.3, 0.4) is 0 Å². The summed E-state index contributed by atoms with van der Waals surface area (Å²) < 4.78 is 12.8. The van der Waals surface area contributed by atoms with E-state index in [9.17, 15) is 9.18 Å². The standard InChI is InChI=1S/C14H20ClFN2OS/c1-14(2,3)10-8-20-12(17-10)9-4-6-18(7-5-9)13(19)11(15)16/h8-9,11H,4-7H2,1-3H3. The number of piperidine rings is 1. The molecule has 2 rings (SSSR count). The number of thiazole rings is 1. The monoisotopic (exact) mass is 318 g/mol. The largest absolute Gasteiger partial charge is 0.339 e. The molecule has 2 heterocycles. The van der Waals surface area contributed by atoms with Crippen LogP contribution in [0.4, 0.5) is 4.39 Å². The molecule has 1 aliphatic rings. The van der Waals surface area contributed by atoms with E-state index in [2.05, 4.69) is 26.2 Å². The molecule has 1 aromatic rings. The molecule has 20 heavy (non-hydrogen) atoms. The van der Waals surface area contributed by atoms with E-state index >= 15 is 0 Å². The number of likely N-dealkylation sites (tertiary alicyclic amines) is 1. The van der Waals surface area contributed by atoms with Crippen molar-refractivity contribution >= 4 is 28.8 Å². The first-order chi connectivity index (χ1) is 9.29. The first-order valence-corrected chi connectivity index (χ1v) is 8.13. The van der Waals surface area contributed by atoms with Crippen LogP contribution < -0.4 is 0 Å². The molecule has 1 atom stereocenters. The van der Waals surface area contributed by atoms with Crippen molar-refractivity contribution < 1.29 is 9.18 Å². The molecule has 1 saturated heterocycles. The number of aromatic nitrogens is 1. The van der Waals surface area contributed by atoms with Crippen molar-refractivity contribution in [2.75, 3.05) is 13.1 Å². The van der Waals surface area contributed by atoms with Crippen LogP contribution in [0.25, 0.3) is 0 Å². The lowest BCUT2D eigenvalue weighted by Gasteiger charge is -2.31. The smallest absolute Gasteiger partial charge is 0.272 e. The first-order valence-electron chi connectivity index (χ1n) is 6.82. The SMILES string of the molecule is CC(C)(C)c1csc(C2CCN(C(=O)C(F)Cl)CC2)n1. The second-order valence-electron chi connectivity index (χ2n) is 6.22. The Kier molecular flexibility index (Phi) is 4.69. The van der Waals surface area contributed by atoms with Crippen molar-refractivity contribution in [1.29, 1.82) is 0 Å². The Morgan fingerprint density at radius 1 is 1.50 bits per heavy atom. The highest BCUT2D eigenvalue weighted by Crippen LogP contribution is 2.33. The molecule has 0 aliphatic carbocycles. The van der Waals surface area contributed by atoms with Crippen LogP contribution >= 0.6 is 22.9 Å². The van der Waals surface area contributed by atoms with Gasteiger partial charge in [-0.1, -0.05) is 32.4 Å². The molecule has 112 valence electrons. The van der Waals surface area contributed by atoms with Gasteiger partial charge in [-0.15, -0.1) is 11.3 Å². The Morgan fingerprint density at radius 3 is 2.55 bits per heavy atom. The number of carbonyl (C=O) groups excluding carboxylic acids is 1. The van der Waals surface area contributed by atoms with Crippen LogP contribution in [0, 0.1) is 0 Å². The van der Waals surface area contributed by atoms with Gasteiger partial charge in [-0.2, -0.15) is 0 Å². The number of nitrogens with zero attached hydrogens (tertiary/aromatic N) is 2. The summed E-state index contributed by atoms with van der Waals surface area (Å²) in [6, 6.07) is 0. The Morgan fingerprint density at radius 2 is 2.10 bits per heavy atom. The van der Waals surface area contributed by atoms with E-state index < -0.39 is 11.5 Å². The zero-order valence-electron chi connectivity index (χ0n) is 12.0. The predicted octanol–water partition coefficient (Wildman–Crippen LogP) is 3.68. The normalized spacial score (nSPS) is 19.1. The van der Waals surface area contributed by atoms with E-state index in [4.69, 9.17) is 16.6 Å². The molecule has 0 N–H and O–H groups in total. The third-order valence-electron chi connectivity index (χ3n) is 3.63. The summed E-state index contributed by atoms with van der Waals surface area (Å²) in [7, 11) is 0. The molecule has 3 nitrogen and oxygen atoms in total. The van der Waals surface area contributed by atoms with Gasteiger partial charge in [0.25, 0.3) is 11.5 Å². The zero-order chi connectivity index (χ0) is 14.9. The molecule has 6 heteroatoms. The molecule has 1 amide bonds. The fraction of sp³-hybridized carbons (Fsp3) is 0.714. The lowest BCUT2D eigenvalue weighted by atomic mass is 9.93. The molecule has 1 aromatic heterocycles. The summed E-state index contributed by atoms with van der Waals surface area (Å²) in [5, 5.41) is 3.24. The van der Waals surface area contributed by atoms with Crippen LogP contribution in [-0.4, -0.2) is 34.5 Å². The number of hydrogen-bond donors (Lipinski definition) is 0. The molecular formula is C14H20ClFN2OS. The van der Waals surface area contributed by atoms with Gasteiger partial charge in [0.05, 0.1) is 10.7 Å². The summed E-state index contributed by atoms with van der Waals surface area (Å²) in [6.45, 7) is 7.56. The van der Waals surface area contributed by atoms with Gasteiger partial charge in [-0.25, -0.2) is 9.37 Å². The minimum Gasteiger partial charge on any atom is -0.339 e. The van der Waals surface area contributed by atoms with E-state index in [0.717, 1.165) is 23.5 Å². The number of amides is 1. The van der Waals surface area contributed by atoms with E-state index in [0.29, 0.717) is 19.0 Å². The van der Waals surface area contributed by atoms with Crippen molar-refractivity contribution in [3.8, 4) is 0 Å². The number of halogens is 2. The van der Waals surface area contributed by atoms with Gasteiger partial charge in [-0.05, 0) is 12.8 Å². The Hall–Kier alpha value is -0.680. The van der Waals surface area contributed by atoms with Crippen molar-refractivity contribution in [3.63, 3.8) is 0 Å². The van der Waals surface area contributed by atoms with Crippen molar-refractivity contribution in [2.45, 2.75) is 50.6 Å². The topological polar surface area (TPSA) is 33.2 Å². The molecule has 1 aliphatic heterocycles. The highest BCUT2D eigenvalue weighted by molar-refractivity contribution is 7.09. The van der Waals surface area contributed by atoms with E-state index in [1.54, 1.807) is 11.3 Å². The molecule has 1 unspecified atom stereocenters. The van der Waals surface area contributed by atoms with Gasteiger partial charge in [0, 0.05) is 29.8 Å². The Bertz CT molecular complexity index is 476. The van der Waals surface area contributed by atoms with Crippen LogP contribution in [0.2, 0.25) is 0 Å². The molecule has 1 fully saturated rings. The van der Waals surface area contributed by atoms with Gasteiger partial charge in [0.15, 0.2) is 0 Å². The fourth-order valence-electron chi connectivity index (χ4n) is 2.30. The number of carbonyl (C=O) groups is 1. The summed E-state index contributed by atoms with van der Waals surface area (Å²) in [5.41, 5.74) is -0.745. The van der Waals surface area contributed by atoms with Crippen LogP contribution in [0.15, 0.2) is 5.38 Å². The highest BCUT2D eigenvalue weighted by atomic mass is 35.5. The summed E-state index contributed by atoms with van der Waals surface area (Å²) in [5.74, 6) is -0.242. The number of alkyl halides is 2. The summed E-state index contributed by atoms with van der Waals surface area (Å²) >= 11 is 6.88.